The number of nitrogens with zero attached hydrogens (tertiary/aromatic N) is 7. The molecule has 0 bridgehead atoms. The highest BCUT2D eigenvalue weighted by Gasteiger charge is 2.39. The molecule has 2 N–H and O–H groups in total. The molecule has 2 saturated carbocycles. The number of aryl methyl sites for hydroxylation is 1. The van der Waals surface area contributed by atoms with Gasteiger partial charge in [0.1, 0.15) is 23.4 Å². The van der Waals surface area contributed by atoms with Crippen molar-refractivity contribution < 1.29 is 32.4 Å². The second kappa shape index (κ2) is 12.4. The standard InChI is InChI=1S/C33H34BF3N8O4/c1-48-32-27(28(19-3-4-19)39-17-40-32)29-38-13-24-31(43-29)44(16-26(46)41-24)14-18-2-9-23-20(12-18)5-8-22(10-11-49-34(47)21-6-7-21)45-15-25(33(35,36)37)42-30(23)45/h2,9,12-13,15,17,19,21-22,47H,3-8,10-11,14,16H2,1H3,(H,41,46). The van der Waals surface area contributed by atoms with Crippen molar-refractivity contribution in [3.63, 3.8) is 0 Å². The van der Waals surface area contributed by atoms with Crippen LogP contribution in [0.5, 0.6) is 5.88 Å². The number of hydrogen-bond donors (Lipinski definition) is 2. The molecule has 1 aromatic carbocycles. The molecule has 2 aliphatic heterocycles. The van der Waals surface area contributed by atoms with Crippen LogP contribution in [-0.4, -0.2) is 67.8 Å². The van der Waals surface area contributed by atoms with Crippen LogP contribution in [0.1, 0.15) is 73.0 Å². The van der Waals surface area contributed by atoms with Gasteiger partial charge < -0.3 is 29.2 Å². The predicted molar refractivity (Wildman–Crippen MR) is 173 cm³/mol. The highest BCUT2D eigenvalue weighted by Crippen LogP contribution is 2.46. The summed E-state index contributed by atoms with van der Waals surface area (Å²) in [7, 11) is 0.697. The number of rotatable bonds is 10. The van der Waals surface area contributed by atoms with Gasteiger partial charge in [0.05, 0.1) is 25.5 Å². The van der Waals surface area contributed by atoms with Gasteiger partial charge >= 0.3 is 13.3 Å². The topological polar surface area (TPSA) is 140 Å². The fourth-order valence-corrected chi connectivity index (χ4v) is 6.79. The third-order valence-electron chi connectivity index (χ3n) is 9.61. The Hall–Kier alpha value is -4.57. The summed E-state index contributed by atoms with van der Waals surface area (Å²) < 4.78 is 54.4. The summed E-state index contributed by atoms with van der Waals surface area (Å²) in [6.45, 7) is 0.597. The molecule has 16 heteroatoms. The molecule has 4 aliphatic rings. The van der Waals surface area contributed by atoms with E-state index >= 15 is 0 Å². The predicted octanol–water partition coefficient (Wildman–Crippen LogP) is 5.20. The number of fused-ring (bicyclic) bond motifs is 4. The van der Waals surface area contributed by atoms with Crippen LogP contribution < -0.4 is 15.0 Å². The second-order valence-corrected chi connectivity index (χ2v) is 13.2. The molecule has 254 valence electrons. The molecule has 0 saturated heterocycles. The number of carbonyl (C=O) groups excluding carboxylic acids is 1. The third-order valence-corrected chi connectivity index (χ3v) is 9.61. The van der Waals surface area contributed by atoms with Crippen LogP contribution in [0.4, 0.5) is 24.7 Å². The van der Waals surface area contributed by atoms with Crippen molar-refractivity contribution >= 4 is 24.5 Å². The minimum Gasteiger partial charge on any atom is -0.480 e. The van der Waals surface area contributed by atoms with Gasteiger partial charge in [0.25, 0.3) is 0 Å². The smallest absolute Gasteiger partial charge is 0.457 e. The number of halogens is 3. The highest BCUT2D eigenvalue weighted by atomic mass is 19.4. The Kier molecular flexibility index (Phi) is 8.02. The van der Waals surface area contributed by atoms with Gasteiger partial charge in [-0.15, -0.1) is 0 Å². The van der Waals surface area contributed by atoms with E-state index in [1.54, 1.807) is 10.8 Å². The molecule has 0 spiro atoms. The van der Waals surface area contributed by atoms with Crippen LogP contribution in [0.2, 0.25) is 5.82 Å². The number of hydrogen-bond acceptors (Lipinski definition) is 10. The lowest BCUT2D eigenvalue weighted by atomic mass is 9.83. The largest absolute Gasteiger partial charge is 0.480 e. The molecule has 5 heterocycles. The zero-order chi connectivity index (χ0) is 33.9. The molecule has 1 amide bonds. The fraction of sp³-hybridized carbons (Fsp3) is 0.455. The molecule has 3 aromatic heterocycles. The van der Waals surface area contributed by atoms with Gasteiger partial charge in [-0.3, -0.25) is 4.79 Å². The Morgan fingerprint density at radius 2 is 1.94 bits per heavy atom. The molecule has 2 fully saturated rings. The average Bonchev–Trinajstić information content (AvgIpc) is 4.02. The van der Waals surface area contributed by atoms with Gasteiger partial charge in [-0.1, -0.05) is 31.0 Å². The lowest BCUT2D eigenvalue weighted by Gasteiger charge is -2.30. The maximum atomic E-state index is 13.9. The molecule has 8 rings (SSSR count). The summed E-state index contributed by atoms with van der Waals surface area (Å²) in [4.78, 5) is 36.9. The van der Waals surface area contributed by atoms with E-state index in [9.17, 15) is 23.0 Å². The Balaban J connectivity index is 1.09. The first-order valence-corrected chi connectivity index (χ1v) is 16.5. The fourth-order valence-electron chi connectivity index (χ4n) is 6.79. The number of benzene rings is 1. The van der Waals surface area contributed by atoms with E-state index in [0.29, 0.717) is 60.1 Å². The third kappa shape index (κ3) is 6.34. The first-order chi connectivity index (χ1) is 23.7. The Bertz CT molecular complexity index is 1920. The lowest BCUT2D eigenvalue weighted by Crippen LogP contribution is -2.38. The van der Waals surface area contributed by atoms with Crippen molar-refractivity contribution in [3.05, 3.63) is 59.4 Å². The number of ether oxygens (including phenoxy) is 1. The van der Waals surface area contributed by atoms with E-state index in [-0.39, 0.29) is 42.7 Å². The van der Waals surface area contributed by atoms with Gasteiger partial charge in [0, 0.05) is 36.9 Å². The molecule has 49 heavy (non-hydrogen) atoms. The number of alkyl halides is 3. The van der Waals surface area contributed by atoms with Crippen molar-refractivity contribution in [2.75, 3.05) is 30.5 Å². The first kappa shape index (κ1) is 31.7. The summed E-state index contributed by atoms with van der Waals surface area (Å²) in [6.07, 6.45) is 5.00. The van der Waals surface area contributed by atoms with Gasteiger partial charge in [-0.2, -0.15) is 13.2 Å². The highest BCUT2D eigenvalue weighted by molar-refractivity contribution is 6.45. The monoisotopic (exact) mass is 674 g/mol. The van der Waals surface area contributed by atoms with Crippen LogP contribution in [0.15, 0.2) is 36.9 Å². The molecule has 1 unspecified atom stereocenters. The molecule has 12 nitrogen and oxygen atoms in total. The van der Waals surface area contributed by atoms with Crippen LogP contribution in [0, 0.1) is 0 Å². The summed E-state index contributed by atoms with van der Waals surface area (Å²) >= 11 is 0. The molecular formula is C33H34BF3N8O4. The van der Waals surface area contributed by atoms with E-state index < -0.39 is 19.0 Å². The van der Waals surface area contributed by atoms with Gasteiger partial charge in [0.2, 0.25) is 11.8 Å². The summed E-state index contributed by atoms with van der Waals surface area (Å²) in [5.41, 5.74) is 3.35. The van der Waals surface area contributed by atoms with Gasteiger partial charge in [-0.05, 0) is 49.0 Å². The Labute approximate surface area is 280 Å². The zero-order valence-corrected chi connectivity index (χ0v) is 26.8. The molecule has 1 atom stereocenters. The van der Waals surface area contributed by atoms with Crippen LogP contribution in [0.3, 0.4) is 0 Å². The normalized spacial score (nSPS) is 18.7. The Morgan fingerprint density at radius 3 is 2.69 bits per heavy atom. The van der Waals surface area contributed by atoms with Crippen molar-refractivity contribution in [1.82, 2.24) is 29.5 Å². The van der Waals surface area contributed by atoms with Crippen LogP contribution in [-0.2, 0) is 28.6 Å². The van der Waals surface area contributed by atoms with E-state index in [2.05, 4.69) is 25.3 Å². The number of imidazole rings is 1. The van der Waals surface area contributed by atoms with E-state index in [1.165, 1.54) is 13.4 Å². The number of methoxy groups -OCH3 is 1. The maximum absolute atomic E-state index is 13.9. The van der Waals surface area contributed by atoms with Gasteiger partial charge in [0.15, 0.2) is 17.3 Å². The second-order valence-electron chi connectivity index (χ2n) is 13.2. The average molecular weight is 674 g/mol. The van der Waals surface area contributed by atoms with E-state index in [1.807, 2.05) is 23.1 Å². The number of carbonyl (C=O) groups is 1. The number of anilines is 2. The van der Waals surface area contributed by atoms with Crippen LogP contribution >= 0.6 is 0 Å². The summed E-state index contributed by atoms with van der Waals surface area (Å²) in [5, 5.41) is 13.0. The van der Waals surface area contributed by atoms with E-state index in [4.69, 9.17) is 14.4 Å². The first-order valence-electron chi connectivity index (χ1n) is 16.5. The summed E-state index contributed by atoms with van der Waals surface area (Å²) in [6, 6.07) is 5.34. The Morgan fingerprint density at radius 1 is 1.10 bits per heavy atom. The summed E-state index contributed by atoms with van der Waals surface area (Å²) in [5.74, 6) is 1.78. The minimum atomic E-state index is -4.60. The number of nitrogens with one attached hydrogen (secondary N) is 1. The quantitative estimate of drug-likeness (QED) is 0.216. The maximum Gasteiger partial charge on any atom is 0.457 e. The minimum absolute atomic E-state index is 0.0482. The lowest BCUT2D eigenvalue weighted by molar-refractivity contribution is -0.141. The van der Waals surface area contributed by atoms with Crippen molar-refractivity contribution in [2.24, 2.45) is 0 Å². The molecular weight excluding hydrogens is 640 g/mol. The van der Waals surface area contributed by atoms with Crippen molar-refractivity contribution in [1.29, 1.82) is 0 Å². The molecule has 2 aliphatic carbocycles. The van der Waals surface area contributed by atoms with Gasteiger partial charge in [-0.25, -0.2) is 24.9 Å². The van der Waals surface area contributed by atoms with E-state index in [0.717, 1.165) is 48.7 Å². The number of aromatic nitrogens is 6. The zero-order valence-electron chi connectivity index (χ0n) is 26.8. The SMILES string of the molecule is COc1ncnc(C2CC2)c1-c1ncc2c(n1)N(Cc1ccc3c(c1)CCC(CCOB(O)C1CC1)n1cc(C(F)(F)F)nc1-3)CC(=O)N2. The van der Waals surface area contributed by atoms with Crippen molar-refractivity contribution in [2.45, 2.75) is 75.4 Å². The van der Waals surface area contributed by atoms with Crippen LogP contribution in [0.25, 0.3) is 22.8 Å². The number of amides is 1. The molecule has 4 aromatic rings. The van der Waals surface area contributed by atoms with Crippen molar-refractivity contribution in [3.8, 4) is 28.7 Å². The molecule has 0 radical (unpaired) electrons.